The van der Waals surface area contributed by atoms with Crippen LogP contribution in [0.1, 0.15) is 57.5 Å². The number of carbonyl (C=O) groups is 3. The van der Waals surface area contributed by atoms with Crippen molar-refractivity contribution in [2.24, 2.45) is 0 Å². The van der Waals surface area contributed by atoms with Crippen LogP contribution in [-0.2, 0) is 11.2 Å². The minimum Gasteiger partial charge on any atom is -0.490 e. The van der Waals surface area contributed by atoms with Crippen LogP contribution in [0.3, 0.4) is 0 Å². The van der Waals surface area contributed by atoms with Crippen molar-refractivity contribution in [2.45, 2.75) is 44.2 Å². The van der Waals surface area contributed by atoms with Gasteiger partial charge in [-0.15, -0.1) is 0 Å². The monoisotopic (exact) mass is 589 g/mol. The number of benzene rings is 4. The summed E-state index contributed by atoms with van der Waals surface area (Å²) in [6.45, 7) is 0. The van der Waals surface area contributed by atoms with E-state index in [2.05, 4.69) is 16.7 Å². The molecule has 5 rings (SSSR count). The summed E-state index contributed by atoms with van der Waals surface area (Å²) < 4.78 is 12.1. The Morgan fingerprint density at radius 3 is 2.05 bits per heavy atom. The van der Waals surface area contributed by atoms with E-state index in [-0.39, 0.29) is 41.6 Å². The van der Waals surface area contributed by atoms with E-state index in [0.717, 1.165) is 37.0 Å². The highest BCUT2D eigenvalue weighted by atomic mass is 16.5. The Morgan fingerprint density at radius 1 is 0.795 bits per heavy atom. The second-order valence-electron chi connectivity index (χ2n) is 10.5. The van der Waals surface area contributed by atoms with Gasteiger partial charge in [0.05, 0.1) is 35.4 Å². The van der Waals surface area contributed by atoms with E-state index >= 15 is 0 Å². The molecule has 0 saturated heterocycles. The number of para-hydroxylation sites is 1. The van der Waals surface area contributed by atoms with Crippen molar-refractivity contribution >= 4 is 23.5 Å². The van der Waals surface area contributed by atoms with E-state index in [1.165, 1.54) is 6.07 Å². The highest BCUT2D eigenvalue weighted by molar-refractivity contribution is 6.01. The van der Waals surface area contributed by atoms with Crippen molar-refractivity contribution in [1.82, 2.24) is 5.32 Å². The van der Waals surface area contributed by atoms with Crippen molar-refractivity contribution < 1.29 is 29.0 Å². The van der Waals surface area contributed by atoms with Gasteiger partial charge in [-0.2, -0.15) is 5.26 Å². The van der Waals surface area contributed by atoms with E-state index in [1.54, 1.807) is 66.7 Å². The van der Waals surface area contributed by atoms with Crippen LogP contribution in [0, 0.1) is 11.3 Å². The fourth-order valence-electron chi connectivity index (χ4n) is 5.04. The molecule has 1 aliphatic carbocycles. The Kier molecular flexibility index (Phi) is 9.52. The highest BCUT2D eigenvalue weighted by Gasteiger charge is 2.24. The second kappa shape index (κ2) is 14.0. The lowest BCUT2D eigenvalue weighted by Gasteiger charge is -2.29. The van der Waals surface area contributed by atoms with Gasteiger partial charge in [0.25, 0.3) is 5.91 Å². The number of rotatable bonds is 10. The third kappa shape index (κ3) is 8.01. The number of anilines is 1. The van der Waals surface area contributed by atoms with E-state index in [4.69, 9.17) is 14.7 Å². The number of carboxylic acid groups (broad SMARTS) is 1. The fraction of sp³-hybridized carbons (Fsp3) is 0.200. The zero-order valence-electron chi connectivity index (χ0n) is 23.9. The molecular weight excluding hydrogens is 558 g/mol. The van der Waals surface area contributed by atoms with Crippen molar-refractivity contribution in [3.05, 3.63) is 119 Å². The number of nitrogens with zero attached hydrogens (tertiary/aromatic N) is 1. The molecule has 0 aliphatic heterocycles. The predicted octanol–water partition coefficient (Wildman–Crippen LogP) is 6.35. The quantitative estimate of drug-likeness (QED) is 0.196. The number of aromatic carboxylic acids is 1. The molecule has 0 bridgehead atoms. The first kappa shape index (κ1) is 29.9. The van der Waals surface area contributed by atoms with Crippen molar-refractivity contribution in [3.63, 3.8) is 0 Å². The number of nitrogens with one attached hydrogen (secondary N) is 2. The first-order valence-corrected chi connectivity index (χ1v) is 14.3. The normalized spacial score (nSPS) is 15.8. The number of ether oxygens (including phenoxy) is 2. The number of carboxylic acids is 1. The number of hydrogen-bond acceptors (Lipinski definition) is 6. The third-order valence-corrected chi connectivity index (χ3v) is 7.37. The maximum Gasteiger partial charge on any atom is 0.337 e. The first-order valence-electron chi connectivity index (χ1n) is 14.3. The second-order valence-corrected chi connectivity index (χ2v) is 10.5. The molecule has 1 fully saturated rings. The topological polar surface area (TPSA) is 138 Å². The van der Waals surface area contributed by atoms with Gasteiger partial charge in [-0.3, -0.25) is 9.59 Å². The van der Waals surface area contributed by atoms with E-state index in [1.807, 2.05) is 24.3 Å². The molecule has 9 nitrogen and oxygen atoms in total. The average molecular weight is 590 g/mol. The van der Waals surface area contributed by atoms with Crippen molar-refractivity contribution in [3.8, 4) is 23.3 Å². The maximum absolute atomic E-state index is 12.5. The summed E-state index contributed by atoms with van der Waals surface area (Å²) >= 11 is 0. The average Bonchev–Trinajstić information content (AvgIpc) is 3.04. The summed E-state index contributed by atoms with van der Waals surface area (Å²) in [6.07, 6.45) is 3.45. The van der Waals surface area contributed by atoms with Crippen LogP contribution in [0.25, 0.3) is 0 Å². The molecular formula is C35H31N3O6. The van der Waals surface area contributed by atoms with Gasteiger partial charge in [-0.25, -0.2) is 4.79 Å². The molecule has 222 valence electrons. The Balaban J connectivity index is 1.05. The Morgan fingerprint density at radius 2 is 1.41 bits per heavy atom. The smallest absolute Gasteiger partial charge is 0.337 e. The number of nitriles is 1. The third-order valence-electron chi connectivity index (χ3n) is 7.37. The molecule has 0 radical (unpaired) electrons. The Bertz CT molecular complexity index is 1650. The Hall–Kier alpha value is -5.62. The standard InChI is InChI=1S/C35H31N3O6/c36-22-24-5-9-25(10-6-24)34(40)37-26-11-15-28(16-12-26)44-30-19-17-29(18-20-30)43-27-13-7-23(8-14-27)21-33(39)38-32-4-2-1-3-31(32)35(41)42/h1-10,13-14,17-20,26,28H,11-12,15-16,21H2,(H,37,40)(H,38,39)(H,41,42). The lowest BCUT2D eigenvalue weighted by Crippen LogP contribution is -2.39. The van der Waals surface area contributed by atoms with Gasteiger partial charge < -0.3 is 25.2 Å². The van der Waals surface area contributed by atoms with E-state index in [0.29, 0.717) is 22.6 Å². The van der Waals surface area contributed by atoms with Crippen molar-refractivity contribution in [2.75, 3.05) is 5.32 Å². The Labute approximate surface area is 255 Å². The predicted molar refractivity (Wildman–Crippen MR) is 164 cm³/mol. The van der Waals surface area contributed by atoms with Gasteiger partial charge in [-0.05, 0) is 104 Å². The van der Waals surface area contributed by atoms with Gasteiger partial charge in [-0.1, -0.05) is 24.3 Å². The van der Waals surface area contributed by atoms with Crippen LogP contribution in [0.4, 0.5) is 5.69 Å². The molecule has 3 N–H and O–H groups in total. The van der Waals surface area contributed by atoms with Crippen molar-refractivity contribution in [1.29, 1.82) is 5.26 Å². The SMILES string of the molecule is N#Cc1ccc(C(=O)NC2CCC(Oc3ccc(Oc4ccc(CC(=O)Nc5ccccc5C(=O)O)cc4)cc3)CC2)cc1. The zero-order valence-corrected chi connectivity index (χ0v) is 23.9. The summed E-state index contributed by atoms with van der Waals surface area (Å²) in [6, 6.07) is 29.6. The number of carbonyl (C=O) groups excluding carboxylic acids is 2. The zero-order chi connectivity index (χ0) is 30.9. The first-order chi connectivity index (χ1) is 21.4. The van der Waals surface area contributed by atoms with Gasteiger partial charge in [0.1, 0.15) is 17.2 Å². The van der Waals surface area contributed by atoms with Crippen LogP contribution in [0.5, 0.6) is 17.2 Å². The lowest BCUT2D eigenvalue weighted by atomic mass is 9.92. The molecule has 0 aromatic heterocycles. The molecule has 0 spiro atoms. The molecule has 1 aliphatic rings. The fourth-order valence-corrected chi connectivity index (χ4v) is 5.04. The van der Waals surface area contributed by atoms with E-state index in [9.17, 15) is 19.5 Å². The maximum atomic E-state index is 12.5. The molecule has 9 heteroatoms. The largest absolute Gasteiger partial charge is 0.490 e. The minimum atomic E-state index is -1.10. The van der Waals surface area contributed by atoms with Crippen LogP contribution in [0.15, 0.2) is 97.1 Å². The van der Waals surface area contributed by atoms with Gasteiger partial charge in [0, 0.05) is 11.6 Å². The molecule has 2 amide bonds. The van der Waals surface area contributed by atoms with Crippen LogP contribution in [-0.4, -0.2) is 35.0 Å². The summed E-state index contributed by atoms with van der Waals surface area (Å²) in [5, 5.41) is 24.0. The lowest BCUT2D eigenvalue weighted by molar-refractivity contribution is -0.115. The molecule has 1 saturated carbocycles. The van der Waals surface area contributed by atoms with Crippen LogP contribution < -0.4 is 20.1 Å². The van der Waals surface area contributed by atoms with Crippen LogP contribution in [0.2, 0.25) is 0 Å². The number of amides is 2. The van der Waals surface area contributed by atoms with Gasteiger partial charge >= 0.3 is 5.97 Å². The molecule has 4 aromatic rings. The summed E-state index contributed by atoms with van der Waals surface area (Å²) in [4.78, 5) is 36.4. The van der Waals surface area contributed by atoms with Gasteiger partial charge in [0.15, 0.2) is 0 Å². The molecule has 0 atom stereocenters. The highest BCUT2D eigenvalue weighted by Crippen LogP contribution is 2.28. The van der Waals surface area contributed by atoms with Crippen LogP contribution >= 0.6 is 0 Å². The summed E-state index contributed by atoms with van der Waals surface area (Å²) in [7, 11) is 0. The molecule has 4 aromatic carbocycles. The molecule has 0 heterocycles. The molecule has 0 unspecified atom stereocenters. The minimum absolute atomic E-state index is 0.0377. The van der Waals surface area contributed by atoms with Gasteiger partial charge in [0.2, 0.25) is 5.91 Å². The summed E-state index contributed by atoms with van der Waals surface area (Å²) in [5.74, 6) is 0.447. The molecule has 44 heavy (non-hydrogen) atoms. The van der Waals surface area contributed by atoms with E-state index < -0.39 is 5.97 Å². The number of hydrogen-bond donors (Lipinski definition) is 3. The summed E-state index contributed by atoms with van der Waals surface area (Å²) in [5.41, 5.74) is 2.13.